The summed E-state index contributed by atoms with van der Waals surface area (Å²) in [5, 5.41) is 9.92. The summed E-state index contributed by atoms with van der Waals surface area (Å²) in [7, 11) is 0. The molecular weight excluding hydrogens is 345 g/mol. The topological polar surface area (TPSA) is 43.8 Å². The molecular formula is C19H25F3N2O2. The summed E-state index contributed by atoms with van der Waals surface area (Å²) in [5.74, 6) is -0.578. The second kappa shape index (κ2) is 7.56. The summed E-state index contributed by atoms with van der Waals surface area (Å²) in [6.07, 6.45) is -0.993. The molecule has 2 fully saturated rings. The zero-order valence-electron chi connectivity index (χ0n) is 14.8. The van der Waals surface area contributed by atoms with Crippen molar-refractivity contribution >= 4 is 5.91 Å². The number of rotatable bonds is 4. The number of carbonyl (C=O) groups excluding carboxylic acids is 1. The van der Waals surface area contributed by atoms with Crippen LogP contribution in [0.25, 0.3) is 0 Å². The third-order valence-corrected chi connectivity index (χ3v) is 5.67. The molecule has 4 nitrogen and oxygen atoms in total. The molecule has 3 rings (SSSR count). The molecule has 1 aromatic rings. The van der Waals surface area contributed by atoms with Gasteiger partial charge in [-0.05, 0) is 50.9 Å². The first-order valence-corrected chi connectivity index (χ1v) is 9.13. The fraction of sp³-hybridized carbons (Fsp3) is 0.632. The van der Waals surface area contributed by atoms with Gasteiger partial charge in [0.05, 0.1) is 17.7 Å². The van der Waals surface area contributed by atoms with Crippen molar-refractivity contribution < 1.29 is 23.1 Å². The van der Waals surface area contributed by atoms with Gasteiger partial charge in [0.15, 0.2) is 0 Å². The van der Waals surface area contributed by atoms with Crippen LogP contribution in [0.3, 0.4) is 0 Å². The number of hydrogen-bond acceptors (Lipinski definition) is 3. The van der Waals surface area contributed by atoms with Crippen LogP contribution < -0.4 is 0 Å². The van der Waals surface area contributed by atoms with E-state index in [1.807, 2.05) is 0 Å². The van der Waals surface area contributed by atoms with Gasteiger partial charge >= 0.3 is 6.18 Å². The highest BCUT2D eigenvalue weighted by Crippen LogP contribution is 2.36. The maximum absolute atomic E-state index is 13.2. The molecule has 144 valence electrons. The minimum Gasteiger partial charge on any atom is -0.396 e. The van der Waals surface area contributed by atoms with Crippen molar-refractivity contribution in [1.29, 1.82) is 0 Å². The average Bonchev–Trinajstić information content (AvgIpc) is 3.14. The number of carbonyl (C=O) groups is 1. The zero-order valence-corrected chi connectivity index (χ0v) is 14.8. The number of aliphatic hydroxyl groups excluding tert-OH is 1. The molecule has 2 aliphatic heterocycles. The summed E-state index contributed by atoms with van der Waals surface area (Å²) in [6.45, 7) is 3.65. The zero-order chi connectivity index (χ0) is 18.8. The second-order valence-corrected chi connectivity index (χ2v) is 7.48. The number of alkyl halides is 3. The highest BCUT2D eigenvalue weighted by atomic mass is 19.4. The lowest BCUT2D eigenvalue weighted by Crippen LogP contribution is -2.49. The minimum atomic E-state index is -4.55. The Bertz CT molecular complexity index is 634. The average molecular weight is 370 g/mol. The smallest absolute Gasteiger partial charge is 0.396 e. The Morgan fingerprint density at radius 1 is 1.08 bits per heavy atom. The van der Waals surface area contributed by atoms with Gasteiger partial charge < -0.3 is 14.9 Å². The summed E-state index contributed by atoms with van der Waals surface area (Å²) in [6, 6.07) is 4.94. The van der Waals surface area contributed by atoms with E-state index in [-0.39, 0.29) is 17.6 Å². The molecule has 2 aliphatic rings. The molecule has 2 heterocycles. The van der Waals surface area contributed by atoms with E-state index in [1.165, 1.54) is 35.9 Å². The van der Waals surface area contributed by atoms with Gasteiger partial charge in [0.2, 0.25) is 0 Å². The third kappa shape index (κ3) is 4.04. The van der Waals surface area contributed by atoms with Crippen molar-refractivity contribution in [2.24, 2.45) is 5.41 Å². The van der Waals surface area contributed by atoms with Crippen LogP contribution >= 0.6 is 0 Å². The van der Waals surface area contributed by atoms with Gasteiger partial charge in [-0.15, -0.1) is 0 Å². The largest absolute Gasteiger partial charge is 0.417 e. The number of amides is 1. The quantitative estimate of drug-likeness (QED) is 0.886. The van der Waals surface area contributed by atoms with Gasteiger partial charge in [-0.2, -0.15) is 13.2 Å². The summed E-state index contributed by atoms with van der Waals surface area (Å²) >= 11 is 0. The lowest BCUT2D eigenvalue weighted by atomic mass is 9.78. The predicted octanol–water partition coefficient (Wildman–Crippen LogP) is 3.02. The molecule has 0 aromatic heterocycles. The molecule has 26 heavy (non-hydrogen) atoms. The molecule has 7 heteroatoms. The fourth-order valence-electron chi connectivity index (χ4n) is 4.05. The number of hydrogen-bond donors (Lipinski definition) is 1. The number of nitrogens with zero attached hydrogens (tertiary/aromatic N) is 2. The van der Waals surface area contributed by atoms with E-state index in [1.54, 1.807) is 0 Å². The van der Waals surface area contributed by atoms with E-state index in [0.29, 0.717) is 25.9 Å². The molecule has 0 radical (unpaired) electrons. The predicted molar refractivity (Wildman–Crippen MR) is 91.8 cm³/mol. The number of aliphatic hydroxyl groups is 1. The van der Waals surface area contributed by atoms with Gasteiger partial charge in [-0.1, -0.05) is 12.1 Å². The van der Waals surface area contributed by atoms with Crippen LogP contribution in [0.1, 0.15) is 41.6 Å². The van der Waals surface area contributed by atoms with Crippen molar-refractivity contribution in [1.82, 2.24) is 9.80 Å². The molecule has 1 amide bonds. The lowest BCUT2D eigenvalue weighted by Gasteiger charge is -2.42. The first-order valence-electron chi connectivity index (χ1n) is 9.13. The molecule has 0 bridgehead atoms. The summed E-state index contributed by atoms with van der Waals surface area (Å²) in [4.78, 5) is 16.5. The van der Waals surface area contributed by atoms with Gasteiger partial charge in [0.25, 0.3) is 5.91 Å². The van der Waals surface area contributed by atoms with Crippen molar-refractivity contribution in [3.63, 3.8) is 0 Å². The monoisotopic (exact) mass is 370 g/mol. The van der Waals surface area contributed by atoms with E-state index in [4.69, 9.17) is 0 Å². The Kier molecular flexibility index (Phi) is 5.58. The Labute approximate surface area is 151 Å². The van der Waals surface area contributed by atoms with E-state index in [2.05, 4.69) is 4.90 Å². The maximum Gasteiger partial charge on any atom is 0.417 e. The van der Waals surface area contributed by atoms with Crippen LogP contribution in [0, 0.1) is 5.41 Å². The number of benzene rings is 1. The van der Waals surface area contributed by atoms with Gasteiger partial charge in [-0.25, -0.2) is 0 Å². The Morgan fingerprint density at radius 2 is 1.69 bits per heavy atom. The first kappa shape index (κ1) is 19.2. The van der Waals surface area contributed by atoms with Crippen LogP contribution in [0.15, 0.2) is 24.3 Å². The van der Waals surface area contributed by atoms with Gasteiger partial charge in [0.1, 0.15) is 0 Å². The van der Waals surface area contributed by atoms with E-state index >= 15 is 0 Å². The Balaban J connectivity index is 1.69. The number of halogens is 3. The lowest BCUT2D eigenvalue weighted by molar-refractivity contribution is -0.138. The van der Waals surface area contributed by atoms with Crippen molar-refractivity contribution in [3.8, 4) is 0 Å². The normalized spacial score (nSPS) is 21.2. The van der Waals surface area contributed by atoms with Crippen molar-refractivity contribution in [2.75, 3.05) is 39.3 Å². The van der Waals surface area contributed by atoms with Crippen LogP contribution in [0.2, 0.25) is 0 Å². The molecule has 1 N–H and O–H groups in total. The molecule has 2 saturated heterocycles. The van der Waals surface area contributed by atoms with Crippen molar-refractivity contribution in [3.05, 3.63) is 35.4 Å². The first-order chi connectivity index (χ1) is 12.3. The molecule has 0 aliphatic carbocycles. The van der Waals surface area contributed by atoms with E-state index < -0.39 is 17.6 Å². The van der Waals surface area contributed by atoms with E-state index in [0.717, 1.165) is 25.7 Å². The molecule has 0 atom stereocenters. The summed E-state index contributed by atoms with van der Waals surface area (Å²) in [5.41, 5.74) is -1.44. The second-order valence-electron chi connectivity index (χ2n) is 7.48. The standard InChI is InChI=1S/C19H25F3N2O2/c20-19(21,22)16-6-2-1-5-15(16)17(26)24-11-7-18(14-25,8-12-24)13-23-9-3-4-10-23/h1-2,5-6,25H,3-4,7-14H2. The van der Waals surface area contributed by atoms with Gasteiger partial charge in [-0.3, -0.25) is 4.79 Å². The Hall–Kier alpha value is -1.60. The van der Waals surface area contributed by atoms with Gasteiger partial charge in [0, 0.05) is 25.0 Å². The molecule has 0 unspecified atom stereocenters. The fourth-order valence-corrected chi connectivity index (χ4v) is 4.05. The molecule has 0 saturated carbocycles. The number of likely N-dealkylation sites (tertiary alicyclic amines) is 2. The number of piperidine rings is 1. The third-order valence-electron chi connectivity index (χ3n) is 5.67. The molecule has 0 spiro atoms. The minimum absolute atomic E-state index is 0.0463. The van der Waals surface area contributed by atoms with Crippen LogP contribution in [-0.4, -0.2) is 60.1 Å². The van der Waals surface area contributed by atoms with E-state index in [9.17, 15) is 23.1 Å². The Morgan fingerprint density at radius 3 is 2.27 bits per heavy atom. The summed E-state index contributed by atoms with van der Waals surface area (Å²) < 4.78 is 39.5. The van der Waals surface area contributed by atoms with Crippen LogP contribution in [0.5, 0.6) is 0 Å². The highest BCUT2D eigenvalue weighted by molar-refractivity contribution is 5.96. The highest BCUT2D eigenvalue weighted by Gasteiger charge is 2.40. The van der Waals surface area contributed by atoms with Crippen molar-refractivity contribution in [2.45, 2.75) is 31.9 Å². The van der Waals surface area contributed by atoms with Crippen LogP contribution in [0.4, 0.5) is 13.2 Å². The van der Waals surface area contributed by atoms with Crippen LogP contribution in [-0.2, 0) is 6.18 Å². The SMILES string of the molecule is O=C(c1ccccc1C(F)(F)F)N1CCC(CO)(CN2CCCC2)CC1. The molecule has 1 aromatic carbocycles. The maximum atomic E-state index is 13.2.